The number of carbonyl (C=O) groups is 2. The van der Waals surface area contributed by atoms with E-state index in [2.05, 4.69) is 5.32 Å². The van der Waals surface area contributed by atoms with Gasteiger partial charge in [0.15, 0.2) is 0 Å². The molecule has 5 heteroatoms. The molecule has 0 saturated heterocycles. The van der Waals surface area contributed by atoms with Crippen LogP contribution in [0.2, 0.25) is 5.02 Å². The number of carbonyl (C=O) groups excluding carboxylic acids is 2. The topological polar surface area (TPSA) is 55.4 Å². The van der Waals surface area contributed by atoms with Crippen molar-refractivity contribution in [3.8, 4) is 5.75 Å². The second-order valence-corrected chi connectivity index (χ2v) is 4.98. The maximum Gasteiger partial charge on any atom is 0.284 e. The predicted octanol–water partition coefficient (Wildman–Crippen LogP) is 1.94. The normalized spacial score (nSPS) is 10.9. The summed E-state index contributed by atoms with van der Waals surface area (Å²) in [4.78, 5) is 21.2. The lowest BCUT2D eigenvalue weighted by atomic mass is 9.84. The maximum atomic E-state index is 10.9. The summed E-state index contributed by atoms with van der Waals surface area (Å²) in [5, 5.41) is 3.06. The Morgan fingerprint density at radius 2 is 2.17 bits per heavy atom. The molecule has 4 nitrogen and oxygen atoms in total. The molecule has 0 aliphatic heterocycles. The lowest BCUT2D eigenvalue weighted by Gasteiger charge is -2.25. The lowest BCUT2D eigenvalue weighted by molar-refractivity contribution is -0.131. The summed E-state index contributed by atoms with van der Waals surface area (Å²) in [6.07, 6.45) is 0.261. The maximum absolute atomic E-state index is 10.9. The summed E-state index contributed by atoms with van der Waals surface area (Å²) in [5.74, 6) is -0.0178. The molecule has 0 saturated carbocycles. The fraction of sp³-hybridized carbons (Fsp3) is 0.385. The summed E-state index contributed by atoms with van der Waals surface area (Å²) in [6, 6.07) is 5.46. The van der Waals surface area contributed by atoms with Crippen molar-refractivity contribution in [3.05, 3.63) is 28.8 Å². The average Bonchev–Trinajstić information content (AvgIpc) is 2.35. The number of rotatable bonds is 5. The smallest absolute Gasteiger partial charge is 0.284 e. The molecule has 0 fully saturated rings. The molecule has 0 radical (unpaired) electrons. The van der Waals surface area contributed by atoms with E-state index in [-0.39, 0.29) is 11.7 Å². The van der Waals surface area contributed by atoms with E-state index in [1.165, 1.54) is 0 Å². The van der Waals surface area contributed by atoms with E-state index in [4.69, 9.17) is 16.3 Å². The Labute approximate surface area is 111 Å². The average molecular weight is 270 g/mol. The molecular weight excluding hydrogens is 254 g/mol. The molecule has 0 unspecified atom stereocenters. The molecular formula is C13H16ClNO3. The minimum absolute atomic E-state index is 0.261. The van der Waals surface area contributed by atoms with E-state index in [0.29, 0.717) is 17.3 Å². The first-order valence-electron chi connectivity index (χ1n) is 5.47. The second-order valence-electron chi connectivity index (χ2n) is 4.57. The van der Waals surface area contributed by atoms with Gasteiger partial charge >= 0.3 is 0 Å². The molecule has 0 aliphatic rings. The van der Waals surface area contributed by atoms with Gasteiger partial charge < -0.3 is 10.1 Å². The zero-order valence-corrected chi connectivity index (χ0v) is 11.4. The van der Waals surface area contributed by atoms with Crippen LogP contribution >= 0.6 is 11.6 Å². The fourth-order valence-corrected chi connectivity index (χ4v) is 1.80. The monoisotopic (exact) mass is 269 g/mol. The Bertz CT molecular complexity index is 458. The van der Waals surface area contributed by atoms with Gasteiger partial charge in [-0.3, -0.25) is 9.59 Å². The van der Waals surface area contributed by atoms with Crippen molar-refractivity contribution in [2.45, 2.75) is 19.3 Å². The van der Waals surface area contributed by atoms with Gasteiger partial charge in [-0.05, 0) is 17.7 Å². The van der Waals surface area contributed by atoms with Crippen LogP contribution in [0.1, 0.15) is 19.4 Å². The van der Waals surface area contributed by atoms with Crippen molar-refractivity contribution in [2.24, 2.45) is 0 Å². The summed E-state index contributed by atoms with van der Waals surface area (Å²) in [5.41, 5.74) is 0.633. The first kappa shape index (κ1) is 14.5. The highest BCUT2D eigenvalue weighted by atomic mass is 35.5. The Kier molecular flexibility index (Phi) is 4.73. The Balaban J connectivity index is 2.87. The van der Waals surface area contributed by atoms with E-state index in [9.17, 15) is 9.59 Å². The van der Waals surface area contributed by atoms with Gasteiger partial charge in [-0.2, -0.15) is 0 Å². The first-order chi connectivity index (χ1) is 8.40. The van der Waals surface area contributed by atoms with Crippen LogP contribution in [0, 0.1) is 0 Å². The third kappa shape index (κ3) is 3.47. The van der Waals surface area contributed by atoms with Crippen LogP contribution < -0.4 is 10.1 Å². The molecule has 1 amide bonds. The van der Waals surface area contributed by atoms with Gasteiger partial charge in [-0.15, -0.1) is 0 Å². The molecule has 1 aromatic carbocycles. The Morgan fingerprint density at radius 1 is 1.50 bits per heavy atom. The number of hydrogen-bond acceptors (Lipinski definition) is 3. The van der Waals surface area contributed by atoms with Crippen LogP contribution in [0.15, 0.2) is 18.2 Å². The van der Waals surface area contributed by atoms with Gasteiger partial charge in [0.05, 0.1) is 12.1 Å². The van der Waals surface area contributed by atoms with E-state index in [1.807, 2.05) is 19.9 Å². The summed E-state index contributed by atoms with van der Waals surface area (Å²) < 4.78 is 5.08. The SMILES string of the molecule is COc1ccc(C(C)(C)CNC(=O)C=O)cc1Cl. The van der Waals surface area contributed by atoms with Crippen LogP contribution in [0.4, 0.5) is 0 Å². The molecule has 0 aromatic heterocycles. The zero-order valence-electron chi connectivity index (χ0n) is 10.6. The summed E-state index contributed by atoms with van der Waals surface area (Å²) in [7, 11) is 1.55. The van der Waals surface area contributed by atoms with Crippen LogP contribution in [-0.4, -0.2) is 25.8 Å². The molecule has 0 atom stereocenters. The molecule has 1 aromatic rings. The zero-order chi connectivity index (χ0) is 13.8. The molecule has 98 valence electrons. The van der Waals surface area contributed by atoms with Crippen molar-refractivity contribution >= 4 is 23.8 Å². The number of hydrogen-bond donors (Lipinski definition) is 1. The highest BCUT2D eigenvalue weighted by Gasteiger charge is 2.22. The lowest BCUT2D eigenvalue weighted by Crippen LogP contribution is -2.37. The number of methoxy groups -OCH3 is 1. The number of halogens is 1. The van der Waals surface area contributed by atoms with Crippen LogP contribution in [0.5, 0.6) is 5.75 Å². The van der Waals surface area contributed by atoms with E-state index >= 15 is 0 Å². The third-order valence-electron chi connectivity index (χ3n) is 2.74. The minimum Gasteiger partial charge on any atom is -0.495 e. The van der Waals surface area contributed by atoms with Gasteiger partial charge in [-0.25, -0.2) is 0 Å². The highest BCUT2D eigenvalue weighted by molar-refractivity contribution is 6.32. The predicted molar refractivity (Wildman–Crippen MR) is 70.1 cm³/mol. The highest BCUT2D eigenvalue weighted by Crippen LogP contribution is 2.30. The second kappa shape index (κ2) is 5.87. The van der Waals surface area contributed by atoms with Crippen LogP contribution in [0.3, 0.4) is 0 Å². The Hall–Kier alpha value is -1.55. The van der Waals surface area contributed by atoms with Gasteiger partial charge in [0.25, 0.3) is 5.91 Å². The Morgan fingerprint density at radius 3 is 2.67 bits per heavy atom. The van der Waals surface area contributed by atoms with Crippen molar-refractivity contribution in [1.29, 1.82) is 0 Å². The van der Waals surface area contributed by atoms with Gasteiger partial charge in [0.2, 0.25) is 6.29 Å². The van der Waals surface area contributed by atoms with Crippen molar-refractivity contribution in [2.75, 3.05) is 13.7 Å². The quantitative estimate of drug-likeness (QED) is 0.657. The fourth-order valence-electron chi connectivity index (χ4n) is 1.54. The number of nitrogens with one attached hydrogen (secondary N) is 1. The molecule has 0 bridgehead atoms. The summed E-state index contributed by atoms with van der Waals surface area (Å²) in [6.45, 7) is 4.26. The van der Waals surface area contributed by atoms with Crippen molar-refractivity contribution < 1.29 is 14.3 Å². The van der Waals surface area contributed by atoms with Crippen LogP contribution in [0.25, 0.3) is 0 Å². The summed E-state index contributed by atoms with van der Waals surface area (Å²) >= 11 is 6.06. The van der Waals surface area contributed by atoms with Crippen molar-refractivity contribution in [3.63, 3.8) is 0 Å². The molecule has 0 heterocycles. The van der Waals surface area contributed by atoms with Gasteiger partial charge in [0, 0.05) is 12.0 Å². The number of ether oxygens (including phenoxy) is 1. The van der Waals surface area contributed by atoms with Crippen LogP contribution in [-0.2, 0) is 15.0 Å². The third-order valence-corrected chi connectivity index (χ3v) is 3.04. The van der Waals surface area contributed by atoms with Crippen molar-refractivity contribution in [1.82, 2.24) is 5.32 Å². The standard InChI is InChI=1S/C13H16ClNO3/c1-13(2,8-15-12(17)7-16)9-4-5-11(18-3)10(14)6-9/h4-7H,8H2,1-3H3,(H,15,17). The largest absolute Gasteiger partial charge is 0.495 e. The minimum atomic E-state index is -0.623. The van der Waals surface area contributed by atoms with Gasteiger partial charge in [0.1, 0.15) is 5.75 Å². The molecule has 1 N–H and O–H groups in total. The molecule has 0 spiro atoms. The molecule has 1 rings (SSSR count). The van der Waals surface area contributed by atoms with E-state index in [1.54, 1.807) is 19.2 Å². The number of aldehydes is 1. The van der Waals surface area contributed by atoms with E-state index in [0.717, 1.165) is 5.56 Å². The number of amides is 1. The molecule has 18 heavy (non-hydrogen) atoms. The van der Waals surface area contributed by atoms with Gasteiger partial charge in [-0.1, -0.05) is 31.5 Å². The number of benzene rings is 1. The molecule has 0 aliphatic carbocycles. The van der Waals surface area contributed by atoms with E-state index < -0.39 is 5.91 Å². The first-order valence-corrected chi connectivity index (χ1v) is 5.85.